The first-order chi connectivity index (χ1) is 13.8. The van der Waals surface area contributed by atoms with Gasteiger partial charge in [-0.05, 0) is 49.6 Å². The number of likely N-dealkylation sites (tertiary alicyclic amines) is 1. The van der Waals surface area contributed by atoms with Gasteiger partial charge in [-0.15, -0.1) is 4.40 Å². The minimum absolute atomic E-state index is 0.0217. The van der Waals surface area contributed by atoms with Crippen LogP contribution in [0.1, 0.15) is 36.9 Å². The van der Waals surface area contributed by atoms with Crippen molar-refractivity contribution in [2.75, 3.05) is 13.1 Å². The number of piperidine rings is 1. The van der Waals surface area contributed by atoms with Crippen molar-refractivity contribution in [2.45, 2.75) is 30.7 Å². The predicted molar refractivity (Wildman–Crippen MR) is 112 cm³/mol. The van der Waals surface area contributed by atoms with Crippen molar-refractivity contribution in [3.63, 3.8) is 0 Å². The van der Waals surface area contributed by atoms with Crippen LogP contribution in [0.25, 0.3) is 0 Å². The molecular formula is C21H22ClN3O3S. The summed E-state index contributed by atoms with van der Waals surface area (Å²) in [5.74, 6) is 0.414. The van der Waals surface area contributed by atoms with Crippen LogP contribution >= 0.6 is 11.6 Å². The van der Waals surface area contributed by atoms with Gasteiger partial charge in [-0.2, -0.15) is 8.42 Å². The van der Waals surface area contributed by atoms with Gasteiger partial charge in [0.05, 0.1) is 6.04 Å². The van der Waals surface area contributed by atoms with Crippen molar-refractivity contribution in [1.82, 2.24) is 10.2 Å². The monoisotopic (exact) mass is 431 g/mol. The molecule has 0 aliphatic carbocycles. The zero-order valence-corrected chi connectivity index (χ0v) is 17.6. The molecule has 4 rings (SSSR count). The molecule has 1 fully saturated rings. The average molecular weight is 432 g/mol. The number of rotatable bonds is 3. The molecule has 2 aromatic rings. The first-order valence-electron chi connectivity index (χ1n) is 9.60. The number of carbonyl (C=O) groups is 1. The van der Waals surface area contributed by atoms with E-state index in [0.717, 1.165) is 5.56 Å². The summed E-state index contributed by atoms with van der Waals surface area (Å²) in [5.41, 5.74) is 1.65. The Morgan fingerprint density at radius 2 is 1.79 bits per heavy atom. The van der Waals surface area contributed by atoms with Crippen LogP contribution in [-0.2, 0) is 14.8 Å². The van der Waals surface area contributed by atoms with Gasteiger partial charge in [-0.3, -0.25) is 4.79 Å². The minimum atomic E-state index is -3.63. The van der Waals surface area contributed by atoms with Crippen LogP contribution in [-0.4, -0.2) is 38.2 Å². The number of amidine groups is 1. The van der Waals surface area contributed by atoms with Gasteiger partial charge < -0.3 is 10.2 Å². The van der Waals surface area contributed by atoms with Gasteiger partial charge in [-0.25, -0.2) is 0 Å². The number of amides is 1. The molecule has 152 valence electrons. The van der Waals surface area contributed by atoms with Gasteiger partial charge in [0.15, 0.2) is 5.84 Å². The molecule has 2 aromatic carbocycles. The molecule has 2 aliphatic rings. The Kier molecular flexibility index (Phi) is 5.36. The lowest BCUT2D eigenvalue weighted by Gasteiger charge is -2.33. The maximum absolute atomic E-state index is 12.7. The Balaban J connectivity index is 1.39. The first kappa shape index (κ1) is 19.9. The molecule has 0 spiro atoms. The molecule has 0 saturated carbocycles. The second-order valence-electron chi connectivity index (χ2n) is 7.43. The minimum Gasteiger partial charge on any atom is -0.355 e. The Hall–Kier alpha value is -2.38. The largest absolute Gasteiger partial charge is 0.355 e. The Bertz CT molecular complexity index is 1060. The van der Waals surface area contributed by atoms with Crippen LogP contribution in [0.5, 0.6) is 0 Å². The van der Waals surface area contributed by atoms with Crippen molar-refractivity contribution >= 4 is 33.4 Å². The number of carbonyl (C=O) groups excluding carboxylic acids is 1. The van der Waals surface area contributed by atoms with E-state index in [9.17, 15) is 13.2 Å². The van der Waals surface area contributed by atoms with Gasteiger partial charge in [0.25, 0.3) is 10.0 Å². The van der Waals surface area contributed by atoms with Crippen molar-refractivity contribution < 1.29 is 13.2 Å². The molecule has 6 nitrogen and oxygen atoms in total. The lowest BCUT2D eigenvalue weighted by atomic mass is 9.94. The summed E-state index contributed by atoms with van der Waals surface area (Å²) in [6.07, 6.45) is 1.31. The third-order valence-corrected chi connectivity index (χ3v) is 7.08. The van der Waals surface area contributed by atoms with Crippen molar-refractivity contribution in [2.24, 2.45) is 10.3 Å². The van der Waals surface area contributed by atoms with Crippen LogP contribution in [0, 0.1) is 5.92 Å². The molecule has 1 unspecified atom stereocenters. The quantitative estimate of drug-likeness (QED) is 0.808. The zero-order valence-electron chi connectivity index (χ0n) is 16.0. The molecule has 1 atom stereocenters. The van der Waals surface area contributed by atoms with Gasteiger partial charge in [0.2, 0.25) is 5.91 Å². The number of halogens is 1. The van der Waals surface area contributed by atoms with Gasteiger partial charge in [0.1, 0.15) is 4.90 Å². The first-order valence-corrected chi connectivity index (χ1v) is 11.4. The van der Waals surface area contributed by atoms with E-state index >= 15 is 0 Å². The van der Waals surface area contributed by atoms with Crippen LogP contribution in [0.4, 0.5) is 0 Å². The normalized spacial score (nSPS) is 19.4. The number of fused-ring (bicyclic) bond motifs is 1. The summed E-state index contributed by atoms with van der Waals surface area (Å²) < 4.78 is 28.5. The summed E-state index contributed by atoms with van der Waals surface area (Å²) in [5, 5.41) is 3.74. The molecule has 8 heteroatoms. The molecular weight excluding hydrogens is 410 g/mol. The number of sulfonamides is 1. The highest BCUT2D eigenvalue weighted by atomic mass is 35.5. The summed E-state index contributed by atoms with van der Waals surface area (Å²) in [6, 6.07) is 14.2. The van der Waals surface area contributed by atoms with E-state index in [2.05, 4.69) is 9.71 Å². The standard InChI is InChI=1S/C21H22ClN3O3S/c1-14(15-6-8-17(22)9-7-15)23-21(26)16-10-12-25(13-11-16)20-18-4-2-3-5-19(18)29(27,28)24-20/h2-9,14,16H,10-13H2,1H3,(H,23,26). The number of nitrogens with one attached hydrogen (secondary N) is 1. The van der Waals surface area contributed by atoms with Crippen LogP contribution in [0.3, 0.4) is 0 Å². The highest BCUT2D eigenvalue weighted by Crippen LogP contribution is 2.30. The van der Waals surface area contributed by atoms with Crippen LogP contribution in [0.15, 0.2) is 57.8 Å². The fourth-order valence-corrected chi connectivity index (χ4v) is 5.19. The van der Waals surface area contributed by atoms with Crippen molar-refractivity contribution in [3.8, 4) is 0 Å². The third kappa shape index (κ3) is 4.02. The van der Waals surface area contributed by atoms with E-state index < -0.39 is 10.0 Å². The Morgan fingerprint density at radius 1 is 1.14 bits per heavy atom. The van der Waals surface area contributed by atoms with Crippen LogP contribution < -0.4 is 5.32 Å². The molecule has 1 saturated heterocycles. The lowest BCUT2D eigenvalue weighted by molar-refractivity contribution is -0.126. The number of benzene rings is 2. The predicted octanol–water partition coefficient (Wildman–Crippen LogP) is 3.38. The molecule has 0 radical (unpaired) electrons. The lowest BCUT2D eigenvalue weighted by Crippen LogP contribution is -2.43. The van der Waals surface area contributed by atoms with Crippen molar-refractivity contribution in [1.29, 1.82) is 0 Å². The van der Waals surface area contributed by atoms with E-state index in [1.54, 1.807) is 18.2 Å². The summed E-state index contributed by atoms with van der Waals surface area (Å²) in [6.45, 7) is 3.14. The highest BCUT2D eigenvalue weighted by Gasteiger charge is 2.34. The third-order valence-electron chi connectivity index (χ3n) is 5.51. The van der Waals surface area contributed by atoms with Crippen LogP contribution in [0.2, 0.25) is 5.02 Å². The van der Waals surface area contributed by atoms with E-state index in [1.165, 1.54) is 0 Å². The van der Waals surface area contributed by atoms with E-state index in [1.807, 2.05) is 42.2 Å². The molecule has 2 aliphatic heterocycles. The smallest absolute Gasteiger partial charge is 0.285 e. The fraction of sp³-hybridized carbons (Fsp3) is 0.333. The summed E-state index contributed by atoms with van der Waals surface area (Å²) in [4.78, 5) is 14.9. The molecule has 0 aromatic heterocycles. The van der Waals surface area contributed by atoms with E-state index in [0.29, 0.717) is 42.4 Å². The second-order valence-corrected chi connectivity index (χ2v) is 9.44. The molecule has 29 heavy (non-hydrogen) atoms. The summed E-state index contributed by atoms with van der Waals surface area (Å²) in [7, 11) is -3.63. The topological polar surface area (TPSA) is 78.8 Å². The highest BCUT2D eigenvalue weighted by molar-refractivity contribution is 7.90. The maximum Gasteiger partial charge on any atom is 0.285 e. The number of hydrogen-bond acceptors (Lipinski definition) is 4. The van der Waals surface area contributed by atoms with E-state index in [4.69, 9.17) is 11.6 Å². The fourth-order valence-electron chi connectivity index (χ4n) is 3.84. The molecule has 1 N–H and O–H groups in total. The molecule has 0 bridgehead atoms. The number of hydrogen-bond donors (Lipinski definition) is 1. The molecule has 1 amide bonds. The Morgan fingerprint density at radius 3 is 2.48 bits per heavy atom. The number of nitrogens with zero attached hydrogens (tertiary/aromatic N) is 2. The van der Waals surface area contributed by atoms with Gasteiger partial charge in [0, 0.05) is 29.6 Å². The average Bonchev–Trinajstić information content (AvgIpc) is 3.00. The maximum atomic E-state index is 12.7. The SMILES string of the molecule is CC(NC(=O)C1CCN(C2=NS(=O)(=O)c3ccccc32)CC1)c1ccc(Cl)cc1. The molecule has 2 heterocycles. The zero-order chi connectivity index (χ0) is 20.6. The Labute approximate surface area is 175 Å². The summed E-state index contributed by atoms with van der Waals surface area (Å²) >= 11 is 5.92. The van der Waals surface area contributed by atoms with Gasteiger partial charge >= 0.3 is 0 Å². The van der Waals surface area contributed by atoms with Crippen molar-refractivity contribution in [3.05, 3.63) is 64.7 Å². The van der Waals surface area contributed by atoms with Gasteiger partial charge in [-0.1, -0.05) is 35.9 Å². The van der Waals surface area contributed by atoms with E-state index in [-0.39, 0.29) is 22.8 Å². The second kappa shape index (κ2) is 7.80.